The number of likely N-dealkylation sites (tertiary alicyclic amines) is 1. The van der Waals surface area contributed by atoms with Gasteiger partial charge in [-0.25, -0.2) is 4.39 Å². The zero-order valence-corrected chi connectivity index (χ0v) is 13.2. The molecular formula is C17H28FN3. The van der Waals surface area contributed by atoms with Gasteiger partial charge in [0.1, 0.15) is 5.82 Å². The number of rotatable bonds is 5. The molecule has 3 N–H and O–H groups in total. The lowest BCUT2D eigenvalue weighted by molar-refractivity contribution is 0.0832. The van der Waals surface area contributed by atoms with Crippen LogP contribution in [0.4, 0.5) is 4.39 Å². The molecule has 1 aliphatic heterocycles. The fourth-order valence-corrected chi connectivity index (χ4v) is 3.26. The van der Waals surface area contributed by atoms with Crippen molar-refractivity contribution in [3.63, 3.8) is 0 Å². The van der Waals surface area contributed by atoms with Gasteiger partial charge >= 0.3 is 0 Å². The van der Waals surface area contributed by atoms with Gasteiger partial charge in [-0.2, -0.15) is 0 Å². The summed E-state index contributed by atoms with van der Waals surface area (Å²) in [6.45, 7) is 6.62. The van der Waals surface area contributed by atoms with Crippen LogP contribution >= 0.6 is 0 Å². The van der Waals surface area contributed by atoms with Gasteiger partial charge in [0.25, 0.3) is 0 Å². The van der Waals surface area contributed by atoms with Gasteiger partial charge in [-0.05, 0) is 57.8 Å². The zero-order valence-electron chi connectivity index (χ0n) is 13.2. The average Bonchev–Trinajstić information content (AvgIpc) is 2.75. The largest absolute Gasteiger partial charge is 0.297 e. The Labute approximate surface area is 127 Å². The van der Waals surface area contributed by atoms with Gasteiger partial charge in [-0.1, -0.05) is 31.0 Å². The molecule has 1 fully saturated rings. The van der Waals surface area contributed by atoms with Gasteiger partial charge in [-0.15, -0.1) is 0 Å². The van der Waals surface area contributed by atoms with Gasteiger partial charge in [0.05, 0.1) is 0 Å². The highest BCUT2D eigenvalue weighted by atomic mass is 19.1. The van der Waals surface area contributed by atoms with Crippen molar-refractivity contribution in [3.05, 3.63) is 35.6 Å². The Hall–Kier alpha value is -0.970. The summed E-state index contributed by atoms with van der Waals surface area (Å²) in [4.78, 5) is 2.51. The lowest BCUT2D eigenvalue weighted by atomic mass is 9.87. The van der Waals surface area contributed by atoms with E-state index in [9.17, 15) is 4.39 Å². The third-order valence-electron chi connectivity index (χ3n) is 4.86. The van der Waals surface area contributed by atoms with E-state index in [4.69, 9.17) is 5.84 Å². The molecule has 0 bridgehead atoms. The van der Waals surface area contributed by atoms with E-state index in [1.807, 2.05) is 12.1 Å². The molecule has 1 aromatic carbocycles. The number of benzene rings is 1. The first-order valence-corrected chi connectivity index (χ1v) is 8.00. The Kier molecular flexibility index (Phi) is 5.73. The maximum absolute atomic E-state index is 13.9. The highest BCUT2D eigenvalue weighted by molar-refractivity contribution is 5.19. The Bertz CT molecular complexity index is 439. The number of hydrogen-bond donors (Lipinski definition) is 2. The van der Waals surface area contributed by atoms with Crippen molar-refractivity contribution in [2.24, 2.45) is 5.84 Å². The summed E-state index contributed by atoms with van der Waals surface area (Å²) < 4.78 is 13.9. The van der Waals surface area contributed by atoms with Crippen LogP contribution in [0.5, 0.6) is 0 Å². The summed E-state index contributed by atoms with van der Waals surface area (Å²) in [7, 11) is 0. The summed E-state index contributed by atoms with van der Waals surface area (Å²) in [6.07, 6.45) is 5.69. The van der Waals surface area contributed by atoms with Gasteiger partial charge in [0.15, 0.2) is 0 Å². The van der Waals surface area contributed by atoms with E-state index in [1.54, 1.807) is 6.07 Å². The monoisotopic (exact) mass is 293 g/mol. The fourth-order valence-electron chi connectivity index (χ4n) is 3.26. The molecule has 0 aliphatic carbocycles. The lowest BCUT2D eigenvalue weighted by Crippen LogP contribution is -2.60. The van der Waals surface area contributed by atoms with Crippen molar-refractivity contribution < 1.29 is 4.39 Å². The number of nitrogens with zero attached hydrogens (tertiary/aromatic N) is 1. The maximum atomic E-state index is 13.9. The topological polar surface area (TPSA) is 41.3 Å². The minimum Gasteiger partial charge on any atom is -0.297 e. The number of hydrazine groups is 1. The van der Waals surface area contributed by atoms with Crippen LogP contribution in [0.3, 0.4) is 0 Å². The van der Waals surface area contributed by atoms with E-state index >= 15 is 0 Å². The quantitative estimate of drug-likeness (QED) is 0.648. The second kappa shape index (κ2) is 7.34. The minimum absolute atomic E-state index is 0.0208. The molecule has 4 heteroatoms. The Balaban J connectivity index is 2.12. The van der Waals surface area contributed by atoms with Gasteiger partial charge in [-0.3, -0.25) is 16.2 Å². The van der Waals surface area contributed by atoms with E-state index in [0.717, 1.165) is 18.7 Å². The first kappa shape index (κ1) is 16.4. The fraction of sp³-hybridized carbons (Fsp3) is 0.647. The third kappa shape index (κ3) is 4.02. The SMILES string of the molecule is CC(C)(C(Cc1ccccc1F)NN)N1CCCCCC1. The van der Waals surface area contributed by atoms with E-state index < -0.39 is 0 Å². The molecule has 1 aromatic rings. The van der Waals surface area contributed by atoms with Crippen LogP contribution < -0.4 is 11.3 Å². The standard InChI is InChI=1S/C17H28FN3/c1-17(2,21-11-7-3-4-8-12-21)16(20-19)13-14-9-5-6-10-15(14)18/h5-6,9-10,16,20H,3-4,7-8,11-13,19H2,1-2H3. The third-order valence-corrected chi connectivity index (χ3v) is 4.86. The molecule has 2 rings (SSSR count). The highest BCUT2D eigenvalue weighted by Crippen LogP contribution is 2.25. The molecule has 0 amide bonds. The summed E-state index contributed by atoms with van der Waals surface area (Å²) in [5, 5.41) is 0. The Morgan fingerprint density at radius 2 is 1.81 bits per heavy atom. The van der Waals surface area contributed by atoms with Crippen molar-refractivity contribution in [1.29, 1.82) is 0 Å². The summed E-state index contributed by atoms with van der Waals surface area (Å²) in [5.74, 6) is 5.65. The molecule has 118 valence electrons. The maximum Gasteiger partial charge on any atom is 0.126 e. The van der Waals surface area contributed by atoms with E-state index in [2.05, 4.69) is 24.2 Å². The Morgan fingerprint density at radius 1 is 1.19 bits per heavy atom. The second-order valence-corrected chi connectivity index (χ2v) is 6.57. The van der Waals surface area contributed by atoms with Crippen LogP contribution in [0.25, 0.3) is 0 Å². The first-order valence-electron chi connectivity index (χ1n) is 8.00. The number of hydrogen-bond acceptors (Lipinski definition) is 3. The molecule has 1 atom stereocenters. The molecule has 21 heavy (non-hydrogen) atoms. The average molecular weight is 293 g/mol. The predicted octanol–water partition coefficient (Wildman–Crippen LogP) is 2.85. The Morgan fingerprint density at radius 3 is 2.38 bits per heavy atom. The highest BCUT2D eigenvalue weighted by Gasteiger charge is 2.35. The van der Waals surface area contributed by atoms with E-state index in [0.29, 0.717) is 6.42 Å². The zero-order chi connectivity index (χ0) is 15.3. The van der Waals surface area contributed by atoms with Gasteiger partial charge in [0, 0.05) is 11.6 Å². The second-order valence-electron chi connectivity index (χ2n) is 6.57. The van der Waals surface area contributed by atoms with Crippen molar-refractivity contribution in [2.45, 2.75) is 57.5 Å². The normalized spacial score (nSPS) is 19.2. The first-order chi connectivity index (χ1) is 10.1. The van der Waals surface area contributed by atoms with E-state index in [-0.39, 0.29) is 17.4 Å². The molecule has 0 saturated carbocycles. The summed E-state index contributed by atoms with van der Waals surface area (Å²) in [5.41, 5.74) is 3.56. The van der Waals surface area contributed by atoms with Crippen molar-refractivity contribution in [1.82, 2.24) is 10.3 Å². The molecule has 3 nitrogen and oxygen atoms in total. The molecule has 0 spiro atoms. The molecule has 1 saturated heterocycles. The number of nitrogens with two attached hydrogens (primary N) is 1. The van der Waals surface area contributed by atoms with Crippen LogP contribution in [0.15, 0.2) is 24.3 Å². The van der Waals surface area contributed by atoms with Crippen molar-refractivity contribution >= 4 is 0 Å². The van der Waals surface area contributed by atoms with Crippen molar-refractivity contribution in [3.8, 4) is 0 Å². The molecule has 1 aliphatic rings. The summed E-state index contributed by atoms with van der Waals surface area (Å²) >= 11 is 0. The van der Waals surface area contributed by atoms with Crippen LogP contribution in [0, 0.1) is 5.82 Å². The van der Waals surface area contributed by atoms with Crippen LogP contribution in [-0.4, -0.2) is 29.6 Å². The van der Waals surface area contributed by atoms with Crippen molar-refractivity contribution in [2.75, 3.05) is 13.1 Å². The molecule has 1 heterocycles. The van der Waals surface area contributed by atoms with Crippen LogP contribution in [0.1, 0.15) is 45.1 Å². The molecule has 0 aromatic heterocycles. The number of nitrogens with one attached hydrogen (secondary N) is 1. The molecule has 1 unspecified atom stereocenters. The smallest absolute Gasteiger partial charge is 0.126 e. The summed E-state index contributed by atoms with van der Waals surface area (Å²) in [6, 6.07) is 6.99. The van der Waals surface area contributed by atoms with Gasteiger partial charge in [0.2, 0.25) is 0 Å². The number of halogens is 1. The minimum atomic E-state index is -0.149. The van der Waals surface area contributed by atoms with Gasteiger partial charge < -0.3 is 0 Å². The predicted molar refractivity (Wildman–Crippen MR) is 85.3 cm³/mol. The molecular weight excluding hydrogens is 265 g/mol. The lowest BCUT2D eigenvalue weighted by Gasteiger charge is -2.43. The van der Waals surface area contributed by atoms with Crippen LogP contribution in [-0.2, 0) is 6.42 Å². The molecule has 0 radical (unpaired) electrons. The van der Waals surface area contributed by atoms with E-state index in [1.165, 1.54) is 31.7 Å². The van der Waals surface area contributed by atoms with Crippen LogP contribution in [0.2, 0.25) is 0 Å².